The van der Waals surface area contributed by atoms with Gasteiger partial charge in [0.25, 0.3) is 10.1 Å². The third-order valence-corrected chi connectivity index (χ3v) is 1.76. The number of esters is 1. The van der Waals surface area contributed by atoms with Gasteiger partial charge in [-0.15, -0.1) is 0 Å². The SMILES string of the molecule is CS(=O)(=O)O[C@@H]1COC(=O)C1. The molecule has 6 heteroatoms. The predicted octanol–water partition coefficient (Wildman–Crippen LogP) is -0.722. The molecule has 0 aromatic carbocycles. The lowest BCUT2D eigenvalue weighted by Crippen LogP contribution is -2.17. The number of hydrogen-bond donors (Lipinski definition) is 0. The third-order valence-electron chi connectivity index (χ3n) is 1.14. The zero-order chi connectivity index (χ0) is 8.48. The van der Waals surface area contributed by atoms with Crippen molar-refractivity contribution in [1.82, 2.24) is 0 Å². The number of rotatable bonds is 2. The molecule has 1 heterocycles. The number of hydrogen-bond acceptors (Lipinski definition) is 5. The first kappa shape index (κ1) is 8.48. The van der Waals surface area contributed by atoms with Gasteiger partial charge in [0.05, 0.1) is 12.7 Å². The summed E-state index contributed by atoms with van der Waals surface area (Å²) in [6, 6.07) is 0. The Labute approximate surface area is 64.4 Å². The highest BCUT2D eigenvalue weighted by molar-refractivity contribution is 7.86. The molecule has 5 nitrogen and oxygen atoms in total. The Bertz CT molecular complexity index is 254. The standard InChI is InChI=1S/C5H8O5S/c1-11(7,8)10-4-2-5(6)9-3-4/h4H,2-3H2,1H3/t4-/m0/s1. The quantitative estimate of drug-likeness (QED) is 0.414. The summed E-state index contributed by atoms with van der Waals surface area (Å²) in [4.78, 5) is 10.4. The van der Waals surface area contributed by atoms with Crippen LogP contribution in [0.3, 0.4) is 0 Å². The molecule has 0 bridgehead atoms. The molecule has 1 rings (SSSR count). The number of cyclic esters (lactones) is 1. The van der Waals surface area contributed by atoms with E-state index in [1.807, 2.05) is 0 Å². The smallest absolute Gasteiger partial charge is 0.308 e. The van der Waals surface area contributed by atoms with Crippen LogP contribution in [-0.2, 0) is 23.8 Å². The Kier molecular flexibility index (Phi) is 2.15. The fourth-order valence-electron chi connectivity index (χ4n) is 0.799. The van der Waals surface area contributed by atoms with E-state index in [1.54, 1.807) is 0 Å². The van der Waals surface area contributed by atoms with Crippen LogP contribution in [-0.4, -0.2) is 33.4 Å². The van der Waals surface area contributed by atoms with Crippen molar-refractivity contribution in [2.75, 3.05) is 12.9 Å². The predicted molar refractivity (Wildman–Crippen MR) is 35.3 cm³/mol. The molecule has 1 aliphatic rings. The maximum Gasteiger partial charge on any atom is 0.308 e. The highest BCUT2D eigenvalue weighted by Gasteiger charge is 2.27. The second kappa shape index (κ2) is 2.78. The van der Waals surface area contributed by atoms with Gasteiger partial charge in [-0.1, -0.05) is 0 Å². The molecule has 1 atom stereocenters. The molecule has 0 saturated carbocycles. The molecule has 64 valence electrons. The lowest BCUT2D eigenvalue weighted by Gasteiger charge is -2.03. The topological polar surface area (TPSA) is 69.7 Å². The molecular weight excluding hydrogens is 172 g/mol. The number of carbonyl (C=O) groups is 1. The second-order valence-corrected chi connectivity index (χ2v) is 3.91. The van der Waals surface area contributed by atoms with E-state index >= 15 is 0 Å². The Hall–Kier alpha value is -0.620. The van der Waals surface area contributed by atoms with Gasteiger partial charge in [0.15, 0.2) is 0 Å². The molecule has 11 heavy (non-hydrogen) atoms. The van der Waals surface area contributed by atoms with Crippen molar-refractivity contribution in [3.8, 4) is 0 Å². The van der Waals surface area contributed by atoms with E-state index in [0.29, 0.717) is 0 Å². The lowest BCUT2D eigenvalue weighted by molar-refractivity contribution is -0.137. The van der Waals surface area contributed by atoms with E-state index in [0.717, 1.165) is 6.26 Å². The molecule has 0 spiro atoms. The molecule has 1 aliphatic heterocycles. The summed E-state index contributed by atoms with van der Waals surface area (Å²) in [6.45, 7) is 0.0336. The molecule has 0 aromatic rings. The average Bonchev–Trinajstić information content (AvgIpc) is 2.10. The van der Waals surface area contributed by atoms with Crippen LogP contribution in [0.1, 0.15) is 6.42 Å². The summed E-state index contributed by atoms with van der Waals surface area (Å²) < 4.78 is 30.0. The minimum absolute atomic E-state index is 0.0209. The Morgan fingerprint density at radius 2 is 2.27 bits per heavy atom. The summed E-state index contributed by atoms with van der Waals surface area (Å²) in [5.74, 6) is -0.418. The molecule has 0 aliphatic carbocycles. The van der Waals surface area contributed by atoms with Crippen molar-refractivity contribution in [2.24, 2.45) is 0 Å². The van der Waals surface area contributed by atoms with Gasteiger partial charge in [-0.25, -0.2) is 0 Å². The first-order valence-corrected chi connectivity index (χ1v) is 4.83. The van der Waals surface area contributed by atoms with Crippen molar-refractivity contribution in [2.45, 2.75) is 12.5 Å². The van der Waals surface area contributed by atoms with Crippen molar-refractivity contribution in [1.29, 1.82) is 0 Å². The van der Waals surface area contributed by atoms with Gasteiger partial charge in [-0.05, 0) is 0 Å². The van der Waals surface area contributed by atoms with E-state index in [2.05, 4.69) is 8.92 Å². The summed E-state index contributed by atoms with van der Waals surface area (Å²) >= 11 is 0. The summed E-state index contributed by atoms with van der Waals surface area (Å²) in [7, 11) is -3.46. The van der Waals surface area contributed by atoms with Gasteiger partial charge in [-0.3, -0.25) is 8.98 Å². The number of carbonyl (C=O) groups excluding carboxylic acids is 1. The molecule has 0 unspecified atom stereocenters. The zero-order valence-corrected chi connectivity index (χ0v) is 6.76. The first-order chi connectivity index (χ1) is 4.97. The maximum atomic E-state index is 10.5. The molecule has 0 amide bonds. The van der Waals surface area contributed by atoms with Crippen LogP contribution >= 0.6 is 0 Å². The van der Waals surface area contributed by atoms with Crippen molar-refractivity contribution < 1.29 is 22.1 Å². The van der Waals surface area contributed by atoms with Gasteiger partial charge in [0, 0.05) is 0 Å². The van der Waals surface area contributed by atoms with Gasteiger partial charge in [0.1, 0.15) is 12.7 Å². The molecule has 0 aromatic heterocycles. The van der Waals surface area contributed by atoms with E-state index in [1.165, 1.54) is 0 Å². The second-order valence-electron chi connectivity index (χ2n) is 2.31. The average molecular weight is 180 g/mol. The van der Waals surface area contributed by atoms with Gasteiger partial charge < -0.3 is 4.74 Å². The van der Waals surface area contributed by atoms with Gasteiger partial charge in [-0.2, -0.15) is 8.42 Å². The van der Waals surface area contributed by atoms with Crippen molar-refractivity contribution >= 4 is 16.1 Å². The fourth-order valence-corrected chi connectivity index (χ4v) is 1.42. The van der Waals surface area contributed by atoms with E-state index in [4.69, 9.17) is 0 Å². The monoisotopic (exact) mass is 180 g/mol. The zero-order valence-electron chi connectivity index (χ0n) is 5.94. The fraction of sp³-hybridized carbons (Fsp3) is 0.800. The molecule has 0 N–H and O–H groups in total. The first-order valence-electron chi connectivity index (χ1n) is 3.01. The number of ether oxygens (including phenoxy) is 1. The summed E-state index contributed by atoms with van der Waals surface area (Å²) in [5.41, 5.74) is 0. The Morgan fingerprint density at radius 1 is 1.64 bits per heavy atom. The molecule has 1 saturated heterocycles. The van der Waals surface area contributed by atoms with E-state index < -0.39 is 22.2 Å². The molecule has 0 radical (unpaired) electrons. The van der Waals surface area contributed by atoms with E-state index in [-0.39, 0.29) is 13.0 Å². The summed E-state index contributed by atoms with van der Waals surface area (Å²) in [6.07, 6.45) is 0.334. The third kappa shape index (κ3) is 2.85. The van der Waals surface area contributed by atoms with Crippen molar-refractivity contribution in [3.05, 3.63) is 0 Å². The molecule has 1 fully saturated rings. The minimum Gasteiger partial charge on any atom is -0.463 e. The van der Waals surface area contributed by atoms with Gasteiger partial charge >= 0.3 is 5.97 Å². The largest absolute Gasteiger partial charge is 0.463 e. The minimum atomic E-state index is -3.46. The van der Waals surface area contributed by atoms with Crippen LogP contribution in [0.5, 0.6) is 0 Å². The molecular formula is C5H8O5S. The van der Waals surface area contributed by atoms with E-state index in [9.17, 15) is 13.2 Å². The van der Waals surface area contributed by atoms with Crippen LogP contribution in [0.4, 0.5) is 0 Å². The van der Waals surface area contributed by atoms with Crippen molar-refractivity contribution in [3.63, 3.8) is 0 Å². The summed E-state index contributed by atoms with van der Waals surface area (Å²) in [5, 5.41) is 0. The van der Waals surface area contributed by atoms with Crippen LogP contribution in [0, 0.1) is 0 Å². The Balaban J connectivity index is 2.47. The van der Waals surface area contributed by atoms with Gasteiger partial charge in [0.2, 0.25) is 0 Å². The van der Waals surface area contributed by atoms with Crippen LogP contribution in [0.2, 0.25) is 0 Å². The lowest BCUT2D eigenvalue weighted by atomic mass is 10.3. The normalized spacial score (nSPS) is 25.2. The Morgan fingerprint density at radius 3 is 2.64 bits per heavy atom. The van der Waals surface area contributed by atoms with Crippen LogP contribution in [0.25, 0.3) is 0 Å². The van der Waals surface area contributed by atoms with Crippen LogP contribution in [0.15, 0.2) is 0 Å². The highest BCUT2D eigenvalue weighted by atomic mass is 32.2. The maximum absolute atomic E-state index is 10.5. The highest BCUT2D eigenvalue weighted by Crippen LogP contribution is 2.11. The van der Waals surface area contributed by atoms with Crippen LogP contribution < -0.4 is 0 Å².